The monoisotopic (exact) mass is 185 g/mol. The van der Waals surface area contributed by atoms with Crippen molar-refractivity contribution in [3.8, 4) is 0 Å². The van der Waals surface area contributed by atoms with Gasteiger partial charge in [-0.2, -0.15) is 0 Å². The molecule has 11 heavy (non-hydrogen) atoms. The van der Waals surface area contributed by atoms with Gasteiger partial charge >= 0.3 is 0 Å². The number of aromatic amines is 1. The number of aromatic nitrogens is 1. The Morgan fingerprint density at radius 3 is 3.09 bits per heavy atom. The van der Waals surface area contributed by atoms with Crippen LogP contribution < -0.4 is 0 Å². The van der Waals surface area contributed by atoms with Crippen molar-refractivity contribution in [2.75, 3.05) is 0 Å². The van der Waals surface area contributed by atoms with Gasteiger partial charge in [-0.05, 0) is 6.07 Å². The Kier molecular flexibility index (Phi) is 1.47. The molecule has 0 amide bonds. The van der Waals surface area contributed by atoms with Gasteiger partial charge in [0.2, 0.25) is 0 Å². The fraction of sp³-hybridized carbons (Fsp3) is 0. The first kappa shape index (κ1) is 6.88. The molecule has 0 aliphatic carbocycles. The molecule has 0 aliphatic rings. The molecule has 0 bridgehead atoms. The van der Waals surface area contributed by atoms with Crippen LogP contribution in [0.2, 0.25) is 5.02 Å². The van der Waals surface area contributed by atoms with Gasteiger partial charge in [0.15, 0.2) is 6.29 Å². The molecule has 2 rings (SSSR count). The summed E-state index contributed by atoms with van der Waals surface area (Å²) in [5.74, 6) is 0. The topological polar surface area (TPSA) is 32.9 Å². The lowest BCUT2D eigenvalue weighted by Crippen LogP contribution is -1.74. The molecular weight excluding hydrogens is 182 g/mol. The second-order valence-corrected chi connectivity index (χ2v) is 3.48. The Labute approximate surface area is 71.8 Å². The van der Waals surface area contributed by atoms with Gasteiger partial charge in [-0.1, -0.05) is 11.6 Å². The first-order chi connectivity index (χ1) is 5.31. The van der Waals surface area contributed by atoms with Crippen LogP contribution in [0.4, 0.5) is 0 Å². The number of hydrogen-bond donors (Lipinski definition) is 1. The van der Waals surface area contributed by atoms with Gasteiger partial charge in [-0.25, -0.2) is 0 Å². The average Bonchev–Trinajstić information content (AvgIpc) is 2.53. The molecule has 56 valence electrons. The summed E-state index contributed by atoms with van der Waals surface area (Å²) in [7, 11) is 0. The molecule has 0 saturated heterocycles. The molecule has 0 saturated carbocycles. The Morgan fingerprint density at radius 1 is 1.64 bits per heavy atom. The zero-order chi connectivity index (χ0) is 7.84. The van der Waals surface area contributed by atoms with E-state index in [4.69, 9.17) is 11.6 Å². The summed E-state index contributed by atoms with van der Waals surface area (Å²) < 4.78 is 1.03. The third-order valence-corrected chi connectivity index (χ3v) is 2.81. The van der Waals surface area contributed by atoms with Gasteiger partial charge in [-0.15, -0.1) is 11.3 Å². The van der Waals surface area contributed by atoms with Crippen molar-refractivity contribution < 1.29 is 4.79 Å². The Bertz CT molecular complexity index is 403. The van der Waals surface area contributed by atoms with Crippen molar-refractivity contribution in [3.63, 3.8) is 0 Å². The fourth-order valence-electron chi connectivity index (χ4n) is 0.963. The molecule has 2 aromatic heterocycles. The molecule has 2 heterocycles. The SMILES string of the molecule is O=Cc1cc2scc(Cl)c2[nH]1. The highest BCUT2D eigenvalue weighted by Crippen LogP contribution is 2.29. The molecule has 0 atom stereocenters. The Morgan fingerprint density at radius 2 is 2.45 bits per heavy atom. The summed E-state index contributed by atoms with van der Waals surface area (Å²) >= 11 is 7.33. The number of rotatable bonds is 1. The van der Waals surface area contributed by atoms with E-state index in [1.165, 1.54) is 11.3 Å². The van der Waals surface area contributed by atoms with Crippen molar-refractivity contribution in [1.29, 1.82) is 0 Å². The number of H-pyrrole nitrogens is 1. The molecule has 0 spiro atoms. The first-order valence-corrected chi connectivity index (χ1v) is 4.28. The van der Waals surface area contributed by atoms with E-state index < -0.39 is 0 Å². The van der Waals surface area contributed by atoms with Crippen LogP contribution in [0.1, 0.15) is 10.5 Å². The largest absolute Gasteiger partial charge is 0.350 e. The van der Waals surface area contributed by atoms with Crippen LogP contribution in [0.15, 0.2) is 11.4 Å². The maximum Gasteiger partial charge on any atom is 0.166 e. The molecule has 2 nitrogen and oxygen atoms in total. The smallest absolute Gasteiger partial charge is 0.166 e. The van der Waals surface area contributed by atoms with Crippen LogP contribution in [0.25, 0.3) is 10.2 Å². The number of hydrogen-bond acceptors (Lipinski definition) is 2. The minimum absolute atomic E-state index is 0.578. The zero-order valence-corrected chi connectivity index (χ0v) is 7.00. The number of thiophene rings is 1. The van der Waals surface area contributed by atoms with Gasteiger partial charge in [0.25, 0.3) is 0 Å². The normalized spacial score (nSPS) is 10.6. The molecule has 0 radical (unpaired) electrons. The lowest BCUT2D eigenvalue weighted by Gasteiger charge is -1.79. The van der Waals surface area contributed by atoms with Crippen molar-refractivity contribution in [3.05, 3.63) is 22.2 Å². The maximum absolute atomic E-state index is 10.3. The average molecular weight is 186 g/mol. The zero-order valence-electron chi connectivity index (χ0n) is 5.43. The number of carbonyl (C=O) groups excluding carboxylic acids is 1. The second kappa shape index (κ2) is 2.36. The second-order valence-electron chi connectivity index (χ2n) is 2.17. The van der Waals surface area contributed by atoms with Crippen LogP contribution in [-0.2, 0) is 0 Å². The van der Waals surface area contributed by atoms with E-state index in [2.05, 4.69) is 4.98 Å². The van der Waals surface area contributed by atoms with E-state index in [0.717, 1.165) is 16.5 Å². The van der Waals surface area contributed by atoms with Gasteiger partial charge in [-0.3, -0.25) is 4.79 Å². The number of carbonyl (C=O) groups is 1. The first-order valence-electron chi connectivity index (χ1n) is 3.02. The Hall–Kier alpha value is -0.800. The summed E-state index contributed by atoms with van der Waals surface area (Å²) in [6.45, 7) is 0. The van der Waals surface area contributed by atoms with Crippen molar-refractivity contribution >= 4 is 39.4 Å². The van der Waals surface area contributed by atoms with Gasteiger partial charge in [0.1, 0.15) is 0 Å². The maximum atomic E-state index is 10.3. The van der Waals surface area contributed by atoms with E-state index in [1.54, 1.807) is 6.07 Å². The number of nitrogens with one attached hydrogen (secondary N) is 1. The van der Waals surface area contributed by atoms with E-state index >= 15 is 0 Å². The summed E-state index contributed by atoms with van der Waals surface area (Å²) in [6.07, 6.45) is 0.781. The highest BCUT2D eigenvalue weighted by molar-refractivity contribution is 7.17. The summed E-state index contributed by atoms with van der Waals surface area (Å²) in [4.78, 5) is 13.2. The molecular formula is C7H4ClNOS. The minimum Gasteiger partial charge on any atom is -0.350 e. The van der Waals surface area contributed by atoms with Crippen LogP contribution in [-0.4, -0.2) is 11.3 Å². The van der Waals surface area contributed by atoms with Gasteiger partial charge in [0, 0.05) is 5.38 Å². The standard InChI is InChI=1S/C7H4ClNOS/c8-5-3-11-6-1-4(2-10)9-7(5)6/h1-3,9H. The lowest BCUT2D eigenvalue weighted by molar-refractivity contribution is 0.112. The van der Waals surface area contributed by atoms with Crippen molar-refractivity contribution in [2.45, 2.75) is 0 Å². The third kappa shape index (κ3) is 0.968. The molecule has 2 aromatic rings. The predicted octanol–water partition coefficient (Wildman–Crippen LogP) is 2.70. The highest BCUT2D eigenvalue weighted by Gasteiger charge is 2.04. The summed E-state index contributed by atoms with van der Waals surface area (Å²) in [6, 6.07) is 1.79. The minimum atomic E-state index is 0.578. The molecule has 0 fully saturated rings. The lowest BCUT2D eigenvalue weighted by atomic mass is 10.5. The summed E-state index contributed by atoms with van der Waals surface area (Å²) in [5.41, 5.74) is 1.44. The third-order valence-electron chi connectivity index (χ3n) is 1.46. The number of halogens is 1. The van der Waals surface area contributed by atoms with E-state index in [1.807, 2.05) is 5.38 Å². The van der Waals surface area contributed by atoms with Gasteiger partial charge in [0.05, 0.1) is 20.9 Å². The van der Waals surface area contributed by atoms with Crippen molar-refractivity contribution in [1.82, 2.24) is 4.98 Å². The highest BCUT2D eigenvalue weighted by atomic mass is 35.5. The number of aldehydes is 1. The van der Waals surface area contributed by atoms with Crippen molar-refractivity contribution in [2.24, 2.45) is 0 Å². The molecule has 0 aromatic carbocycles. The predicted molar refractivity (Wildman–Crippen MR) is 46.6 cm³/mol. The molecule has 0 unspecified atom stereocenters. The fourth-order valence-corrected chi connectivity index (χ4v) is 2.12. The molecule has 0 aliphatic heterocycles. The van der Waals surface area contributed by atoms with Crippen LogP contribution in [0.5, 0.6) is 0 Å². The van der Waals surface area contributed by atoms with E-state index in [-0.39, 0.29) is 0 Å². The summed E-state index contributed by atoms with van der Waals surface area (Å²) in [5, 5.41) is 2.52. The molecule has 1 N–H and O–H groups in total. The van der Waals surface area contributed by atoms with E-state index in [0.29, 0.717) is 10.7 Å². The van der Waals surface area contributed by atoms with Crippen LogP contribution >= 0.6 is 22.9 Å². The van der Waals surface area contributed by atoms with Gasteiger partial charge < -0.3 is 4.98 Å². The van der Waals surface area contributed by atoms with Crippen LogP contribution in [0, 0.1) is 0 Å². The Balaban J connectivity index is 2.79. The van der Waals surface area contributed by atoms with E-state index in [9.17, 15) is 4.79 Å². The number of fused-ring (bicyclic) bond motifs is 1. The molecule has 4 heteroatoms. The quantitative estimate of drug-likeness (QED) is 0.681. The van der Waals surface area contributed by atoms with Crippen LogP contribution in [0.3, 0.4) is 0 Å².